The molecule has 0 amide bonds. The smallest absolute Gasteiger partial charge is 0.320 e. The summed E-state index contributed by atoms with van der Waals surface area (Å²) in [7, 11) is 0. The predicted molar refractivity (Wildman–Crippen MR) is 80.0 cm³/mol. The van der Waals surface area contributed by atoms with E-state index in [1.165, 1.54) is 6.42 Å². The van der Waals surface area contributed by atoms with E-state index in [0.717, 1.165) is 52.0 Å². The van der Waals surface area contributed by atoms with Crippen molar-refractivity contribution in [3.05, 3.63) is 0 Å². The SMILES string of the molecule is CCN(CC)C1CCN(CCC(NC2CC2)C(=O)O)C1. The van der Waals surface area contributed by atoms with Crippen molar-refractivity contribution in [2.45, 2.75) is 57.7 Å². The van der Waals surface area contributed by atoms with Crippen LogP contribution in [0, 0.1) is 0 Å². The molecule has 1 aliphatic carbocycles. The second kappa shape index (κ2) is 7.38. The van der Waals surface area contributed by atoms with Crippen LogP contribution in [-0.4, -0.2) is 71.7 Å². The molecule has 0 aromatic rings. The number of hydrogen-bond donors (Lipinski definition) is 2. The summed E-state index contributed by atoms with van der Waals surface area (Å²) in [6, 6.07) is 0.748. The average molecular weight is 283 g/mol. The number of likely N-dealkylation sites (tertiary alicyclic amines) is 1. The number of aliphatic carboxylic acids is 1. The maximum absolute atomic E-state index is 11.2. The molecule has 20 heavy (non-hydrogen) atoms. The Hall–Kier alpha value is -0.650. The monoisotopic (exact) mass is 283 g/mol. The van der Waals surface area contributed by atoms with E-state index in [0.29, 0.717) is 12.1 Å². The lowest BCUT2D eigenvalue weighted by molar-refractivity contribution is -0.139. The van der Waals surface area contributed by atoms with Crippen LogP contribution in [0.2, 0.25) is 0 Å². The number of carboxylic acids is 1. The number of nitrogens with one attached hydrogen (secondary N) is 1. The maximum atomic E-state index is 11.2. The minimum absolute atomic E-state index is 0.366. The Morgan fingerprint density at radius 2 is 2.05 bits per heavy atom. The third-order valence-corrected chi connectivity index (χ3v) is 4.62. The van der Waals surface area contributed by atoms with Crippen molar-refractivity contribution in [1.82, 2.24) is 15.1 Å². The van der Waals surface area contributed by atoms with Crippen LogP contribution in [0.15, 0.2) is 0 Å². The predicted octanol–water partition coefficient (Wildman–Crippen LogP) is 0.998. The molecule has 0 aromatic carbocycles. The maximum Gasteiger partial charge on any atom is 0.320 e. The van der Waals surface area contributed by atoms with Crippen LogP contribution < -0.4 is 5.32 Å². The minimum atomic E-state index is -0.698. The van der Waals surface area contributed by atoms with Gasteiger partial charge in [-0.3, -0.25) is 9.69 Å². The number of rotatable bonds is 9. The van der Waals surface area contributed by atoms with Gasteiger partial charge in [-0.05, 0) is 45.3 Å². The molecule has 0 radical (unpaired) electrons. The number of carboxylic acid groups (broad SMARTS) is 1. The van der Waals surface area contributed by atoms with Crippen molar-refractivity contribution < 1.29 is 9.90 Å². The molecule has 2 fully saturated rings. The van der Waals surface area contributed by atoms with Crippen LogP contribution in [0.3, 0.4) is 0 Å². The largest absolute Gasteiger partial charge is 0.480 e. The first kappa shape index (κ1) is 15.7. The molecule has 2 atom stereocenters. The Labute approximate surface area is 122 Å². The molecule has 1 heterocycles. The van der Waals surface area contributed by atoms with Gasteiger partial charge in [-0.2, -0.15) is 0 Å². The fraction of sp³-hybridized carbons (Fsp3) is 0.933. The molecular weight excluding hydrogens is 254 g/mol. The van der Waals surface area contributed by atoms with Gasteiger partial charge in [0.25, 0.3) is 0 Å². The van der Waals surface area contributed by atoms with Crippen LogP contribution >= 0.6 is 0 Å². The second-order valence-electron chi connectivity index (χ2n) is 6.08. The standard InChI is InChI=1S/C15H29N3O2/c1-3-18(4-2)13-7-9-17(11-13)10-8-14(15(19)20)16-12-5-6-12/h12-14,16H,3-11H2,1-2H3,(H,19,20). The van der Waals surface area contributed by atoms with E-state index in [4.69, 9.17) is 0 Å². The molecular formula is C15H29N3O2. The van der Waals surface area contributed by atoms with Gasteiger partial charge in [0.05, 0.1) is 0 Å². The van der Waals surface area contributed by atoms with Gasteiger partial charge < -0.3 is 15.3 Å². The molecule has 2 N–H and O–H groups in total. The fourth-order valence-electron chi connectivity index (χ4n) is 3.18. The van der Waals surface area contributed by atoms with Gasteiger partial charge in [0.2, 0.25) is 0 Å². The minimum Gasteiger partial charge on any atom is -0.480 e. The molecule has 116 valence electrons. The Morgan fingerprint density at radius 1 is 1.35 bits per heavy atom. The quantitative estimate of drug-likeness (QED) is 0.661. The van der Waals surface area contributed by atoms with Crippen molar-refractivity contribution in [2.24, 2.45) is 0 Å². The molecule has 0 bridgehead atoms. The molecule has 2 rings (SSSR count). The summed E-state index contributed by atoms with van der Waals surface area (Å²) in [5, 5.41) is 12.5. The zero-order valence-corrected chi connectivity index (χ0v) is 12.8. The highest BCUT2D eigenvalue weighted by Crippen LogP contribution is 2.21. The van der Waals surface area contributed by atoms with E-state index in [1.807, 2.05) is 0 Å². The van der Waals surface area contributed by atoms with Gasteiger partial charge in [-0.15, -0.1) is 0 Å². The summed E-state index contributed by atoms with van der Waals surface area (Å²) >= 11 is 0. The Kier molecular flexibility index (Phi) is 5.81. The van der Waals surface area contributed by atoms with Crippen molar-refractivity contribution in [3.63, 3.8) is 0 Å². The fourth-order valence-corrected chi connectivity index (χ4v) is 3.18. The molecule has 1 saturated carbocycles. The lowest BCUT2D eigenvalue weighted by Gasteiger charge is -2.26. The highest BCUT2D eigenvalue weighted by atomic mass is 16.4. The van der Waals surface area contributed by atoms with Gasteiger partial charge in [-0.1, -0.05) is 13.8 Å². The normalized spacial score (nSPS) is 25.2. The van der Waals surface area contributed by atoms with Crippen molar-refractivity contribution in [3.8, 4) is 0 Å². The summed E-state index contributed by atoms with van der Waals surface area (Å²) in [5.74, 6) is -0.698. The molecule has 0 spiro atoms. The zero-order valence-electron chi connectivity index (χ0n) is 12.8. The number of carbonyl (C=O) groups is 1. The lowest BCUT2D eigenvalue weighted by atomic mass is 10.2. The topological polar surface area (TPSA) is 55.8 Å². The average Bonchev–Trinajstić information content (AvgIpc) is 3.13. The molecule has 2 unspecified atom stereocenters. The first-order valence-corrected chi connectivity index (χ1v) is 8.09. The van der Waals surface area contributed by atoms with Gasteiger partial charge in [0, 0.05) is 25.2 Å². The van der Waals surface area contributed by atoms with Crippen LogP contribution in [0.25, 0.3) is 0 Å². The van der Waals surface area contributed by atoms with Crippen LogP contribution in [0.1, 0.15) is 39.5 Å². The van der Waals surface area contributed by atoms with Crippen molar-refractivity contribution in [1.29, 1.82) is 0 Å². The summed E-state index contributed by atoms with van der Waals surface area (Å²) in [5.41, 5.74) is 0. The van der Waals surface area contributed by atoms with E-state index in [-0.39, 0.29) is 6.04 Å². The molecule has 2 aliphatic rings. The van der Waals surface area contributed by atoms with Crippen LogP contribution in [0.5, 0.6) is 0 Å². The first-order valence-electron chi connectivity index (χ1n) is 8.09. The van der Waals surface area contributed by atoms with E-state index in [9.17, 15) is 9.90 Å². The Morgan fingerprint density at radius 3 is 2.60 bits per heavy atom. The van der Waals surface area contributed by atoms with Gasteiger partial charge in [0.1, 0.15) is 6.04 Å². The molecule has 1 saturated heterocycles. The molecule has 0 aromatic heterocycles. The lowest BCUT2D eigenvalue weighted by Crippen LogP contribution is -2.41. The molecule has 1 aliphatic heterocycles. The summed E-state index contributed by atoms with van der Waals surface area (Å²) in [4.78, 5) is 16.2. The number of nitrogens with zero attached hydrogens (tertiary/aromatic N) is 2. The number of likely N-dealkylation sites (N-methyl/N-ethyl adjacent to an activating group) is 1. The van der Waals surface area contributed by atoms with E-state index >= 15 is 0 Å². The highest BCUT2D eigenvalue weighted by Gasteiger charge is 2.30. The molecule has 5 nitrogen and oxygen atoms in total. The summed E-state index contributed by atoms with van der Waals surface area (Å²) < 4.78 is 0. The van der Waals surface area contributed by atoms with Crippen molar-refractivity contribution >= 4 is 5.97 Å². The van der Waals surface area contributed by atoms with Crippen molar-refractivity contribution in [2.75, 3.05) is 32.7 Å². The van der Waals surface area contributed by atoms with Gasteiger partial charge >= 0.3 is 5.97 Å². The Bertz CT molecular complexity index is 316. The molecule has 5 heteroatoms. The van der Waals surface area contributed by atoms with Crippen LogP contribution in [0.4, 0.5) is 0 Å². The van der Waals surface area contributed by atoms with Gasteiger partial charge in [0.15, 0.2) is 0 Å². The number of hydrogen-bond acceptors (Lipinski definition) is 4. The summed E-state index contributed by atoms with van der Waals surface area (Å²) in [6.45, 7) is 9.74. The zero-order chi connectivity index (χ0) is 14.5. The third-order valence-electron chi connectivity index (χ3n) is 4.62. The van der Waals surface area contributed by atoms with E-state index in [1.54, 1.807) is 0 Å². The summed E-state index contributed by atoms with van der Waals surface area (Å²) in [6.07, 6.45) is 4.21. The third kappa shape index (κ3) is 4.43. The first-order chi connectivity index (χ1) is 9.63. The van der Waals surface area contributed by atoms with Crippen LogP contribution in [-0.2, 0) is 4.79 Å². The van der Waals surface area contributed by atoms with E-state index in [2.05, 4.69) is 29.0 Å². The Balaban J connectivity index is 1.72. The van der Waals surface area contributed by atoms with E-state index < -0.39 is 5.97 Å². The van der Waals surface area contributed by atoms with Gasteiger partial charge in [-0.25, -0.2) is 0 Å². The highest BCUT2D eigenvalue weighted by molar-refractivity contribution is 5.73. The second-order valence-corrected chi connectivity index (χ2v) is 6.08.